The van der Waals surface area contributed by atoms with Gasteiger partial charge in [-0.15, -0.1) is 0 Å². The Balaban J connectivity index is 0.000000684. The summed E-state index contributed by atoms with van der Waals surface area (Å²) in [7, 11) is 0.876. The minimum absolute atomic E-state index is 0.124. The van der Waals surface area contributed by atoms with Crippen LogP contribution in [0.4, 0.5) is 17.6 Å². The van der Waals surface area contributed by atoms with Gasteiger partial charge in [-0.25, -0.2) is 0 Å². The Morgan fingerprint density at radius 1 is 1.04 bits per heavy atom. The first-order valence-electron chi connectivity index (χ1n) is 9.86. The van der Waals surface area contributed by atoms with Gasteiger partial charge in [-0.05, 0) is 37.2 Å². The summed E-state index contributed by atoms with van der Waals surface area (Å²) in [4.78, 5) is 0. The van der Waals surface area contributed by atoms with Gasteiger partial charge in [0.25, 0.3) is 0 Å². The van der Waals surface area contributed by atoms with Crippen LogP contribution in [0.2, 0.25) is 0 Å². The van der Waals surface area contributed by atoms with Crippen LogP contribution in [0.5, 0.6) is 0 Å². The predicted molar refractivity (Wildman–Crippen MR) is 110 cm³/mol. The van der Waals surface area contributed by atoms with E-state index in [9.17, 15) is 17.6 Å². The van der Waals surface area contributed by atoms with Gasteiger partial charge in [-0.3, -0.25) is 0 Å². The third kappa shape index (κ3) is 7.48. The average Bonchev–Trinajstić information content (AvgIpc) is 2.65. The summed E-state index contributed by atoms with van der Waals surface area (Å²) < 4.78 is 59.1. The molecule has 0 aromatic carbocycles. The van der Waals surface area contributed by atoms with E-state index in [0.29, 0.717) is 6.42 Å². The highest BCUT2D eigenvalue weighted by molar-refractivity contribution is 5.42. The molecule has 0 N–H and O–H groups in total. The maximum absolute atomic E-state index is 13.9. The summed E-state index contributed by atoms with van der Waals surface area (Å²) in [6.45, 7) is 17.0. The van der Waals surface area contributed by atoms with Crippen molar-refractivity contribution in [3.05, 3.63) is 47.8 Å². The van der Waals surface area contributed by atoms with Gasteiger partial charge in [0, 0.05) is 5.57 Å². The molecule has 0 saturated carbocycles. The summed E-state index contributed by atoms with van der Waals surface area (Å²) >= 11 is 0. The van der Waals surface area contributed by atoms with Gasteiger partial charge in [-0.2, -0.15) is 17.6 Å². The van der Waals surface area contributed by atoms with Crippen molar-refractivity contribution in [1.29, 1.82) is 0 Å². The molecule has 0 aromatic heterocycles. The van der Waals surface area contributed by atoms with Crippen molar-refractivity contribution in [2.75, 3.05) is 7.11 Å². The molecule has 0 bridgehead atoms. The summed E-state index contributed by atoms with van der Waals surface area (Å²) in [5.74, 6) is -8.37. The van der Waals surface area contributed by atoms with Crippen LogP contribution in [-0.4, -0.2) is 19.0 Å². The van der Waals surface area contributed by atoms with Crippen molar-refractivity contribution in [2.24, 2.45) is 11.8 Å². The number of rotatable bonds is 9. The van der Waals surface area contributed by atoms with Gasteiger partial charge in [0.05, 0.1) is 7.11 Å². The normalized spacial score (nSPS) is 15.8. The second-order valence-electron chi connectivity index (χ2n) is 7.94. The largest absolute Gasteiger partial charge is 0.495 e. The first-order chi connectivity index (χ1) is 12.8. The number of allylic oxidation sites excluding steroid dienone is 6. The van der Waals surface area contributed by atoms with Crippen LogP contribution in [0, 0.1) is 11.8 Å². The van der Waals surface area contributed by atoms with Crippen molar-refractivity contribution in [3.63, 3.8) is 0 Å². The maximum Gasteiger partial charge on any atom is 0.369 e. The average molecular weight is 405 g/mol. The smallest absolute Gasteiger partial charge is 0.369 e. The Hall–Kier alpha value is -1.52. The maximum atomic E-state index is 13.9. The molecule has 1 atom stereocenters. The van der Waals surface area contributed by atoms with Crippen molar-refractivity contribution < 1.29 is 22.3 Å². The quantitative estimate of drug-likeness (QED) is 0.278. The van der Waals surface area contributed by atoms with Gasteiger partial charge in [-0.1, -0.05) is 77.8 Å². The lowest BCUT2D eigenvalue weighted by Crippen LogP contribution is -2.44. The van der Waals surface area contributed by atoms with Crippen LogP contribution < -0.4 is 0 Å². The Kier molecular flexibility index (Phi) is 10.9. The number of halogens is 4. The number of methoxy groups -OCH3 is 1. The third-order valence-electron chi connectivity index (χ3n) is 5.05. The summed E-state index contributed by atoms with van der Waals surface area (Å²) in [5.41, 5.74) is 0.242. The molecule has 1 unspecified atom stereocenters. The molecular weight excluding hydrogens is 368 g/mol. The zero-order chi connectivity index (χ0) is 22.1. The summed E-state index contributed by atoms with van der Waals surface area (Å²) in [6, 6.07) is 0. The molecule has 0 spiro atoms. The SMILES string of the molecule is C=C(OC)C(F)(F)C(F)(F)C(=C)C1=CC=C(C)CC1.CCC(C)CCC(C)C. The highest BCUT2D eigenvalue weighted by atomic mass is 19.3. The Morgan fingerprint density at radius 2 is 1.61 bits per heavy atom. The van der Waals surface area contributed by atoms with Gasteiger partial charge in [0.2, 0.25) is 0 Å². The molecule has 1 nitrogen and oxygen atoms in total. The van der Waals surface area contributed by atoms with Gasteiger partial charge in [0.15, 0.2) is 5.76 Å². The molecule has 0 amide bonds. The lowest BCUT2D eigenvalue weighted by Gasteiger charge is -2.30. The molecule has 0 saturated heterocycles. The second-order valence-corrected chi connectivity index (χ2v) is 7.94. The van der Waals surface area contributed by atoms with E-state index in [1.54, 1.807) is 6.08 Å². The van der Waals surface area contributed by atoms with E-state index in [1.807, 2.05) is 6.92 Å². The fourth-order valence-electron chi connectivity index (χ4n) is 2.51. The molecule has 0 heterocycles. The monoisotopic (exact) mass is 404 g/mol. The van der Waals surface area contributed by atoms with Gasteiger partial charge in [0.1, 0.15) is 0 Å². The first-order valence-corrected chi connectivity index (χ1v) is 9.86. The van der Waals surface area contributed by atoms with E-state index >= 15 is 0 Å². The van der Waals surface area contributed by atoms with Crippen molar-refractivity contribution >= 4 is 0 Å². The van der Waals surface area contributed by atoms with Crippen LogP contribution in [0.25, 0.3) is 0 Å². The third-order valence-corrected chi connectivity index (χ3v) is 5.05. The predicted octanol–water partition coefficient (Wildman–Crippen LogP) is 8.11. The molecule has 0 aromatic rings. The minimum Gasteiger partial charge on any atom is -0.495 e. The first kappa shape index (κ1) is 26.5. The standard InChI is InChI=1S/C14H16F4O.C9H20/c1-9-5-7-12(8-6-9)10(2)13(15,16)14(17,18)11(3)19-4;1-5-9(4)7-6-8(2)3/h5,7H,2-3,6,8H2,1,4H3;8-9H,5-7H2,1-4H3. The molecule has 0 aliphatic heterocycles. The Morgan fingerprint density at radius 3 is 2.00 bits per heavy atom. The zero-order valence-corrected chi connectivity index (χ0v) is 18.2. The number of alkyl halides is 4. The lowest BCUT2D eigenvalue weighted by molar-refractivity contribution is -0.179. The molecule has 1 aliphatic carbocycles. The molecule has 1 rings (SSSR count). The van der Waals surface area contributed by atoms with Gasteiger partial charge >= 0.3 is 11.8 Å². The molecule has 1 aliphatic rings. The highest BCUT2D eigenvalue weighted by Crippen LogP contribution is 2.47. The molecule has 162 valence electrons. The Labute approximate surface area is 168 Å². The second kappa shape index (κ2) is 11.5. The van der Waals surface area contributed by atoms with Crippen molar-refractivity contribution in [1.82, 2.24) is 0 Å². The highest BCUT2D eigenvalue weighted by Gasteiger charge is 2.61. The molecule has 0 fully saturated rings. The number of hydrogen-bond acceptors (Lipinski definition) is 1. The van der Waals surface area contributed by atoms with Crippen LogP contribution >= 0.6 is 0 Å². The zero-order valence-electron chi connectivity index (χ0n) is 18.2. The van der Waals surface area contributed by atoms with E-state index in [-0.39, 0.29) is 12.0 Å². The summed E-state index contributed by atoms with van der Waals surface area (Å²) in [6.07, 6.45) is 8.00. The van der Waals surface area contributed by atoms with Gasteiger partial charge < -0.3 is 4.74 Å². The van der Waals surface area contributed by atoms with Crippen molar-refractivity contribution in [2.45, 2.75) is 78.6 Å². The fraction of sp³-hybridized carbons (Fsp3) is 0.652. The topological polar surface area (TPSA) is 9.23 Å². The molecule has 28 heavy (non-hydrogen) atoms. The van der Waals surface area contributed by atoms with Crippen LogP contribution in [-0.2, 0) is 4.74 Å². The van der Waals surface area contributed by atoms with Crippen LogP contribution in [0.1, 0.15) is 66.7 Å². The summed E-state index contributed by atoms with van der Waals surface area (Å²) in [5, 5.41) is 0. The van der Waals surface area contributed by atoms with Crippen molar-refractivity contribution in [3.8, 4) is 0 Å². The fourth-order valence-corrected chi connectivity index (χ4v) is 2.51. The lowest BCUT2D eigenvalue weighted by atomic mass is 9.89. The molecule has 5 heteroatoms. The Bertz CT molecular complexity index is 585. The van der Waals surface area contributed by atoms with E-state index in [0.717, 1.165) is 24.5 Å². The van der Waals surface area contributed by atoms with E-state index in [4.69, 9.17) is 0 Å². The van der Waals surface area contributed by atoms with Crippen LogP contribution in [0.15, 0.2) is 47.8 Å². The number of ether oxygens (including phenoxy) is 1. The molecular formula is C23H36F4O. The minimum atomic E-state index is -4.49. The number of hydrogen-bond donors (Lipinski definition) is 0. The van der Waals surface area contributed by atoms with E-state index in [2.05, 4.69) is 45.6 Å². The van der Waals surface area contributed by atoms with Crippen LogP contribution in [0.3, 0.4) is 0 Å². The van der Waals surface area contributed by atoms with E-state index in [1.165, 1.54) is 25.3 Å². The van der Waals surface area contributed by atoms with E-state index < -0.39 is 23.2 Å². The molecule has 0 radical (unpaired) electrons.